The maximum Gasteiger partial charge on any atom is -0.0167 e. The van der Waals surface area contributed by atoms with Gasteiger partial charge in [-0.3, -0.25) is 0 Å². The fourth-order valence-electron chi connectivity index (χ4n) is 6.12. The number of hydrogen-bond acceptors (Lipinski definition) is 0. The number of unbranched alkanes of at least 4 members (excludes halogenated alkanes) is 9. The lowest BCUT2D eigenvalue weighted by Crippen LogP contribution is -2.21. The molecule has 1 atom stereocenters. The Labute approximate surface area is 206 Å². The molecule has 2 aliphatic rings. The highest BCUT2D eigenvalue weighted by atomic mass is 14.3. The van der Waals surface area contributed by atoms with Crippen LogP contribution in [0.15, 0.2) is 42.5 Å². The van der Waals surface area contributed by atoms with E-state index in [1.807, 2.05) is 0 Å². The second-order valence-corrected chi connectivity index (χ2v) is 11.1. The first-order valence-corrected chi connectivity index (χ1v) is 14.8. The van der Waals surface area contributed by atoms with Crippen molar-refractivity contribution >= 4 is 5.57 Å². The summed E-state index contributed by atoms with van der Waals surface area (Å²) in [4.78, 5) is 0. The molecule has 0 spiro atoms. The zero-order valence-corrected chi connectivity index (χ0v) is 22.0. The first-order valence-electron chi connectivity index (χ1n) is 14.8. The van der Waals surface area contributed by atoms with Gasteiger partial charge in [-0.05, 0) is 66.6 Å². The summed E-state index contributed by atoms with van der Waals surface area (Å²) in [5.41, 5.74) is 4.34. The second kappa shape index (κ2) is 15.6. The van der Waals surface area contributed by atoms with Crippen molar-refractivity contribution in [2.45, 2.75) is 129 Å². The highest BCUT2D eigenvalue weighted by Gasteiger charge is 2.26. The molecule has 184 valence electrons. The first kappa shape index (κ1) is 26.3. The molecule has 0 aliphatic heterocycles. The number of aryl methyl sites for hydroxylation is 1. The minimum Gasteiger partial charge on any atom is -0.0802 e. The number of benzene rings is 1. The topological polar surface area (TPSA) is 0 Å². The summed E-state index contributed by atoms with van der Waals surface area (Å²) in [6, 6.07) is 9.38. The van der Waals surface area contributed by atoms with E-state index >= 15 is 0 Å². The Morgan fingerprint density at radius 1 is 0.697 bits per heavy atom. The van der Waals surface area contributed by atoms with Crippen molar-refractivity contribution in [2.24, 2.45) is 17.8 Å². The van der Waals surface area contributed by atoms with Gasteiger partial charge in [-0.2, -0.15) is 0 Å². The first-order chi connectivity index (χ1) is 16.3. The number of allylic oxidation sites excluding steroid dienone is 4. The molecule has 1 fully saturated rings. The van der Waals surface area contributed by atoms with Crippen molar-refractivity contribution in [3.05, 3.63) is 53.6 Å². The molecule has 0 radical (unpaired) electrons. The van der Waals surface area contributed by atoms with Gasteiger partial charge in [0.25, 0.3) is 0 Å². The van der Waals surface area contributed by atoms with Crippen molar-refractivity contribution in [2.75, 3.05) is 0 Å². The van der Waals surface area contributed by atoms with E-state index in [1.165, 1.54) is 132 Å². The van der Waals surface area contributed by atoms with Gasteiger partial charge < -0.3 is 0 Å². The Kier molecular flexibility index (Phi) is 12.4. The van der Waals surface area contributed by atoms with Gasteiger partial charge in [0.1, 0.15) is 0 Å². The molecule has 1 saturated carbocycles. The van der Waals surface area contributed by atoms with E-state index in [2.05, 4.69) is 56.3 Å². The molecule has 3 rings (SSSR count). The molecule has 0 aromatic heterocycles. The third-order valence-electron chi connectivity index (χ3n) is 8.45. The Hall–Kier alpha value is -1.30. The van der Waals surface area contributed by atoms with E-state index < -0.39 is 0 Å². The largest absolute Gasteiger partial charge is 0.0802 e. The maximum atomic E-state index is 2.55. The summed E-state index contributed by atoms with van der Waals surface area (Å²) in [6.45, 7) is 4.59. The van der Waals surface area contributed by atoms with Crippen LogP contribution in [0.25, 0.3) is 5.57 Å². The molecule has 0 bridgehead atoms. The second-order valence-electron chi connectivity index (χ2n) is 11.1. The molecule has 0 nitrogen and oxygen atoms in total. The van der Waals surface area contributed by atoms with Crippen LogP contribution < -0.4 is 0 Å². The van der Waals surface area contributed by atoms with Crippen molar-refractivity contribution in [3.8, 4) is 0 Å². The van der Waals surface area contributed by atoms with E-state index in [1.54, 1.807) is 0 Å². The quantitative estimate of drug-likeness (QED) is 0.234. The van der Waals surface area contributed by atoms with Gasteiger partial charge in [-0.1, -0.05) is 140 Å². The molecule has 0 heterocycles. The van der Waals surface area contributed by atoms with E-state index in [4.69, 9.17) is 0 Å². The third kappa shape index (κ3) is 9.46. The summed E-state index contributed by atoms with van der Waals surface area (Å²) in [6.07, 6.45) is 33.0. The van der Waals surface area contributed by atoms with Gasteiger partial charge in [0, 0.05) is 0 Å². The van der Waals surface area contributed by atoms with Crippen LogP contribution in [0.4, 0.5) is 0 Å². The van der Waals surface area contributed by atoms with Crippen molar-refractivity contribution in [3.63, 3.8) is 0 Å². The predicted molar refractivity (Wildman–Crippen MR) is 148 cm³/mol. The van der Waals surface area contributed by atoms with Crippen LogP contribution in [0.2, 0.25) is 0 Å². The molecule has 0 saturated heterocycles. The minimum absolute atomic E-state index is 0.783. The summed E-state index contributed by atoms with van der Waals surface area (Å²) in [5.74, 6) is 2.73. The molecule has 33 heavy (non-hydrogen) atoms. The normalized spacial score (nSPS) is 23.0. The molecule has 1 aromatic rings. The van der Waals surface area contributed by atoms with E-state index in [9.17, 15) is 0 Å². The fourth-order valence-corrected chi connectivity index (χ4v) is 6.12. The molecular weight excluding hydrogens is 396 g/mol. The van der Waals surface area contributed by atoms with Crippen LogP contribution in [0, 0.1) is 17.8 Å². The molecular formula is C33H52. The Morgan fingerprint density at radius 3 is 1.97 bits per heavy atom. The van der Waals surface area contributed by atoms with Crippen LogP contribution in [0.1, 0.15) is 134 Å². The van der Waals surface area contributed by atoms with Gasteiger partial charge in [-0.25, -0.2) is 0 Å². The lowest BCUT2D eigenvalue weighted by Gasteiger charge is -2.33. The van der Waals surface area contributed by atoms with Crippen LogP contribution in [-0.4, -0.2) is 0 Å². The molecule has 2 aliphatic carbocycles. The zero-order valence-electron chi connectivity index (χ0n) is 22.0. The van der Waals surface area contributed by atoms with E-state index in [-0.39, 0.29) is 0 Å². The fraction of sp³-hybridized carbons (Fsp3) is 0.697. The Morgan fingerprint density at radius 2 is 1.33 bits per heavy atom. The van der Waals surface area contributed by atoms with Gasteiger partial charge in [-0.15, -0.1) is 0 Å². The van der Waals surface area contributed by atoms with Gasteiger partial charge in [0.15, 0.2) is 0 Å². The Balaban J connectivity index is 1.30. The standard InChI is InChI=1S/C33H52/c1-3-5-7-8-9-10-11-13-15-29-18-22-31(23-19-29)33-26-24-32(25-27-33)30-20-16-28(17-21-30)14-12-6-4-2/h16-17,20-21,24-26,29,31,33H,3-15,18-19,22-23,27H2,1-2H3. The SMILES string of the molecule is CCCCCCCCCCC1CCC(C2C=CC(c3ccc(CCCCC)cc3)=CC2)CC1. The van der Waals surface area contributed by atoms with E-state index in [0.717, 1.165) is 17.8 Å². The highest BCUT2D eigenvalue weighted by molar-refractivity contribution is 5.75. The lowest BCUT2D eigenvalue weighted by molar-refractivity contribution is 0.218. The summed E-state index contributed by atoms with van der Waals surface area (Å²) >= 11 is 0. The van der Waals surface area contributed by atoms with Crippen LogP contribution >= 0.6 is 0 Å². The maximum absolute atomic E-state index is 2.55. The number of rotatable bonds is 15. The predicted octanol–water partition coefficient (Wildman–Crippen LogP) is 10.7. The molecule has 0 N–H and O–H groups in total. The van der Waals surface area contributed by atoms with Crippen molar-refractivity contribution in [1.82, 2.24) is 0 Å². The third-order valence-corrected chi connectivity index (χ3v) is 8.45. The van der Waals surface area contributed by atoms with E-state index in [0.29, 0.717) is 0 Å². The molecule has 0 heteroatoms. The van der Waals surface area contributed by atoms with Gasteiger partial charge >= 0.3 is 0 Å². The van der Waals surface area contributed by atoms with Gasteiger partial charge in [0.05, 0.1) is 0 Å². The summed E-state index contributed by atoms with van der Waals surface area (Å²) < 4.78 is 0. The van der Waals surface area contributed by atoms with Crippen molar-refractivity contribution in [1.29, 1.82) is 0 Å². The monoisotopic (exact) mass is 448 g/mol. The van der Waals surface area contributed by atoms with Crippen LogP contribution in [0.3, 0.4) is 0 Å². The Bertz CT molecular complexity index is 683. The van der Waals surface area contributed by atoms with Gasteiger partial charge in [0.2, 0.25) is 0 Å². The average Bonchev–Trinajstić information content (AvgIpc) is 2.87. The van der Waals surface area contributed by atoms with Crippen LogP contribution in [0.5, 0.6) is 0 Å². The minimum atomic E-state index is 0.783. The summed E-state index contributed by atoms with van der Waals surface area (Å²) in [7, 11) is 0. The molecule has 0 amide bonds. The van der Waals surface area contributed by atoms with Crippen LogP contribution in [-0.2, 0) is 6.42 Å². The van der Waals surface area contributed by atoms with Crippen molar-refractivity contribution < 1.29 is 0 Å². The lowest BCUT2D eigenvalue weighted by atomic mass is 9.72. The highest BCUT2D eigenvalue weighted by Crippen LogP contribution is 2.39. The molecule has 1 unspecified atom stereocenters. The smallest absolute Gasteiger partial charge is 0.0167 e. The number of hydrogen-bond donors (Lipinski definition) is 0. The zero-order chi connectivity index (χ0) is 23.1. The average molecular weight is 449 g/mol. The summed E-state index contributed by atoms with van der Waals surface area (Å²) in [5, 5.41) is 0. The molecule has 1 aromatic carbocycles.